The summed E-state index contributed by atoms with van der Waals surface area (Å²) in [5.74, 6) is 2.66. The summed E-state index contributed by atoms with van der Waals surface area (Å²) in [4.78, 5) is 0. The molecular weight excluding hydrogens is 380 g/mol. The van der Waals surface area contributed by atoms with Crippen LogP contribution in [0.5, 0.6) is 17.2 Å². The van der Waals surface area contributed by atoms with E-state index in [-0.39, 0.29) is 0 Å². The van der Waals surface area contributed by atoms with Gasteiger partial charge in [0.15, 0.2) is 11.5 Å². The first-order chi connectivity index (χ1) is 14.6. The summed E-state index contributed by atoms with van der Waals surface area (Å²) < 4.78 is 19.2. The Labute approximate surface area is 177 Å². The van der Waals surface area contributed by atoms with Crippen molar-refractivity contribution in [2.45, 2.75) is 33.6 Å². The van der Waals surface area contributed by atoms with Gasteiger partial charge in [0.25, 0.3) is 0 Å². The van der Waals surface area contributed by atoms with Crippen LogP contribution in [0.25, 0.3) is 0 Å². The third-order valence-electron chi connectivity index (χ3n) is 4.40. The summed E-state index contributed by atoms with van der Waals surface area (Å²) in [7, 11) is 0. The van der Waals surface area contributed by atoms with Crippen molar-refractivity contribution in [2.75, 3.05) is 19.8 Å². The lowest BCUT2D eigenvalue weighted by Crippen LogP contribution is -2.11. The van der Waals surface area contributed by atoms with Gasteiger partial charge in [-0.05, 0) is 60.7 Å². The number of nitrogens with zero attached hydrogens (tertiary/aromatic N) is 4. The van der Waals surface area contributed by atoms with Gasteiger partial charge in [-0.2, -0.15) is 5.10 Å². The molecule has 0 N–H and O–H groups in total. The number of aryl methyl sites for hydroxylation is 1. The Morgan fingerprint density at radius 1 is 0.933 bits per heavy atom. The Bertz CT molecular complexity index is 969. The molecule has 30 heavy (non-hydrogen) atoms. The minimum atomic E-state index is 0.401. The third-order valence-corrected chi connectivity index (χ3v) is 4.40. The van der Waals surface area contributed by atoms with E-state index < -0.39 is 0 Å². The number of rotatable bonds is 10. The molecule has 3 aromatic rings. The Morgan fingerprint density at radius 2 is 1.67 bits per heavy atom. The van der Waals surface area contributed by atoms with Crippen LogP contribution in [-0.2, 0) is 0 Å². The first-order valence-electron chi connectivity index (χ1n) is 10.1. The molecule has 7 heteroatoms. The number of ether oxygens (including phenoxy) is 3. The van der Waals surface area contributed by atoms with Crippen molar-refractivity contribution < 1.29 is 14.2 Å². The first-order valence-corrected chi connectivity index (χ1v) is 10.1. The van der Waals surface area contributed by atoms with Gasteiger partial charge in [-0.1, -0.05) is 26.0 Å². The zero-order valence-electron chi connectivity index (χ0n) is 17.9. The molecule has 2 aromatic carbocycles. The Balaban J connectivity index is 1.61. The maximum atomic E-state index is 6.00. The van der Waals surface area contributed by atoms with Gasteiger partial charge in [0.05, 0.1) is 12.8 Å². The van der Waals surface area contributed by atoms with Crippen LogP contribution in [0.4, 0.5) is 0 Å². The molecule has 0 spiro atoms. The van der Waals surface area contributed by atoms with Crippen molar-refractivity contribution in [2.24, 2.45) is 5.10 Å². The minimum absolute atomic E-state index is 0.401. The molecule has 0 saturated carbocycles. The molecular formula is C23H28N4O3. The second kappa shape index (κ2) is 10.4. The molecule has 0 aliphatic carbocycles. The summed E-state index contributed by atoms with van der Waals surface area (Å²) in [6, 6.07) is 12.0. The van der Waals surface area contributed by atoms with E-state index in [4.69, 9.17) is 14.2 Å². The van der Waals surface area contributed by atoms with Gasteiger partial charge in [-0.25, -0.2) is 4.68 Å². The molecule has 0 amide bonds. The Hall–Kier alpha value is -3.35. The van der Waals surface area contributed by atoms with Crippen molar-refractivity contribution in [3.63, 3.8) is 0 Å². The maximum absolute atomic E-state index is 6.00. The molecule has 1 aromatic heterocycles. The quantitative estimate of drug-likeness (QED) is 0.366. The molecule has 7 nitrogen and oxygen atoms in total. The van der Waals surface area contributed by atoms with Gasteiger partial charge in [-0.15, -0.1) is 10.2 Å². The highest BCUT2D eigenvalue weighted by Gasteiger charge is 2.09. The fraction of sp³-hybridized carbons (Fsp3) is 0.348. The second-order valence-corrected chi connectivity index (χ2v) is 7.12. The van der Waals surface area contributed by atoms with Crippen LogP contribution in [0.3, 0.4) is 0 Å². The van der Waals surface area contributed by atoms with Gasteiger partial charge in [0.2, 0.25) is 0 Å². The lowest BCUT2D eigenvalue weighted by Gasteiger charge is -2.16. The lowest BCUT2D eigenvalue weighted by atomic mass is 10.0. The molecule has 1 heterocycles. The van der Waals surface area contributed by atoms with E-state index in [9.17, 15) is 0 Å². The highest BCUT2D eigenvalue weighted by atomic mass is 16.5. The zero-order chi connectivity index (χ0) is 21.3. The average molecular weight is 409 g/mol. The predicted molar refractivity (Wildman–Crippen MR) is 117 cm³/mol. The SMILES string of the molecule is CCOc1cc(/C=N/n2cnnc2)ccc1OCCOc1cc(C)ccc1C(C)C. The zero-order valence-corrected chi connectivity index (χ0v) is 17.9. The van der Waals surface area contributed by atoms with Gasteiger partial charge in [-0.3, -0.25) is 0 Å². The molecule has 158 valence electrons. The van der Waals surface area contributed by atoms with Crippen molar-refractivity contribution in [3.05, 3.63) is 65.7 Å². The van der Waals surface area contributed by atoms with Crippen LogP contribution in [0.1, 0.15) is 43.4 Å². The highest BCUT2D eigenvalue weighted by molar-refractivity contribution is 5.80. The Morgan fingerprint density at radius 3 is 2.37 bits per heavy atom. The van der Waals surface area contributed by atoms with Gasteiger partial charge < -0.3 is 14.2 Å². The fourth-order valence-corrected chi connectivity index (χ4v) is 2.93. The molecule has 0 aliphatic heterocycles. The van der Waals surface area contributed by atoms with E-state index in [2.05, 4.69) is 54.3 Å². The summed E-state index contributed by atoms with van der Waals surface area (Å²) in [5, 5.41) is 11.7. The lowest BCUT2D eigenvalue weighted by molar-refractivity contribution is 0.207. The second-order valence-electron chi connectivity index (χ2n) is 7.12. The first kappa shape index (κ1) is 21.4. The van der Waals surface area contributed by atoms with Gasteiger partial charge in [0.1, 0.15) is 31.6 Å². The van der Waals surface area contributed by atoms with E-state index >= 15 is 0 Å². The molecule has 0 saturated heterocycles. The van der Waals surface area contributed by atoms with Crippen molar-refractivity contribution >= 4 is 6.21 Å². The largest absolute Gasteiger partial charge is 0.490 e. The summed E-state index contributed by atoms with van der Waals surface area (Å²) >= 11 is 0. The number of aromatic nitrogens is 3. The fourth-order valence-electron chi connectivity index (χ4n) is 2.93. The van der Waals surface area contributed by atoms with Crippen LogP contribution >= 0.6 is 0 Å². The summed E-state index contributed by atoms with van der Waals surface area (Å²) in [6.45, 7) is 9.74. The van der Waals surface area contributed by atoms with Gasteiger partial charge >= 0.3 is 0 Å². The number of hydrogen-bond donors (Lipinski definition) is 0. The number of benzene rings is 2. The van der Waals surface area contributed by atoms with Gasteiger partial charge in [0, 0.05) is 0 Å². The normalized spacial score (nSPS) is 11.2. The Kier molecular flexibility index (Phi) is 7.43. The van der Waals surface area contributed by atoms with Crippen LogP contribution < -0.4 is 14.2 Å². The van der Waals surface area contributed by atoms with Crippen molar-refractivity contribution in [1.29, 1.82) is 0 Å². The predicted octanol–water partition coefficient (Wildman–Crippen LogP) is 4.45. The van der Waals surface area contributed by atoms with Crippen molar-refractivity contribution in [1.82, 2.24) is 14.9 Å². The summed E-state index contributed by atoms with van der Waals surface area (Å²) in [6.07, 6.45) is 4.76. The molecule has 0 bridgehead atoms. The topological polar surface area (TPSA) is 70.8 Å². The molecule has 3 rings (SSSR count). The molecule has 0 atom stereocenters. The monoisotopic (exact) mass is 408 g/mol. The van der Waals surface area contributed by atoms with Crippen molar-refractivity contribution in [3.8, 4) is 17.2 Å². The van der Waals surface area contributed by atoms with E-state index in [1.54, 1.807) is 6.21 Å². The van der Waals surface area contributed by atoms with E-state index in [1.807, 2.05) is 25.1 Å². The minimum Gasteiger partial charge on any atom is -0.490 e. The number of hydrogen-bond acceptors (Lipinski definition) is 6. The summed E-state index contributed by atoms with van der Waals surface area (Å²) in [5.41, 5.74) is 3.27. The molecule has 0 radical (unpaired) electrons. The van der Waals surface area contributed by atoms with Crippen LogP contribution in [0, 0.1) is 6.92 Å². The van der Waals surface area contributed by atoms with E-state index in [0.29, 0.717) is 37.2 Å². The standard InChI is InChI=1S/C23H28N4O3/c1-5-28-23-13-19(14-26-27-15-24-25-16-27)7-9-21(23)29-10-11-30-22-12-18(4)6-8-20(22)17(2)3/h6-9,12-17H,5,10-11H2,1-4H3/b26-14+. The third kappa shape index (κ3) is 5.83. The van der Waals surface area contributed by atoms with Crippen LogP contribution in [0.15, 0.2) is 54.2 Å². The van der Waals surface area contributed by atoms with Crippen LogP contribution in [0.2, 0.25) is 0 Å². The average Bonchev–Trinajstić information content (AvgIpc) is 3.24. The smallest absolute Gasteiger partial charge is 0.161 e. The molecule has 0 aliphatic rings. The van der Waals surface area contributed by atoms with Crippen LogP contribution in [-0.4, -0.2) is 40.9 Å². The maximum Gasteiger partial charge on any atom is 0.161 e. The van der Waals surface area contributed by atoms with E-state index in [1.165, 1.54) is 28.5 Å². The molecule has 0 fully saturated rings. The highest BCUT2D eigenvalue weighted by Crippen LogP contribution is 2.29. The molecule has 0 unspecified atom stereocenters. The van der Waals surface area contributed by atoms with E-state index in [0.717, 1.165) is 11.3 Å².